The Morgan fingerprint density at radius 3 is 2.54 bits per heavy atom. The van der Waals surface area contributed by atoms with Gasteiger partial charge in [0, 0.05) is 17.2 Å². The first-order chi connectivity index (χ1) is 11.7. The van der Waals surface area contributed by atoms with Crippen LogP contribution in [0.1, 0.15) is 17.2 Å². The highest BCUT2D eigenvalue weighted by atomic mass is 16.7. The van der Waals surface area contributed by atoms with Gasteiger partial charge in [-0.3, -0.25) is 0 Å². The Labute approximate surface area is 136 Å². The first kappa shape index (κ1) is 12.6. The molecule has 0 aromatic heterocycles. The summed E-state index contributed by atoms with van der Waals surface area (Å²) in [6, 6.07) is 7.15. The molecule has 2 aromatic carbocycles. The van der Waals surface area contributed by atoms with Gasteiger partial charge in [0.1, 0.15) is 12.4 Å². The van der Waals surface area contributed by atoms with E-state index in [-0.39, 0.29) is 20.2 Å². The minimum Gasteiger partial charge on any atom is -0.486 e. The molecule has 0 radical (unpaired) electrons. The van der Waals surface area contributed by atoms with Crippen molar-refractivity contribution in [3.8, 4) is 34.5 Å². The molecule has 2 aromatic rings. The summed E-state index contributed by atoms with van der Waals surface area (Å²) in [6.07, 6.45) is -0.590. The maximum atomic E-state index is 11.3. The smallest absolute Gasteiger partial charge is 0.231 e. The van der Waals surface area contributed by atoms with Gasteiger partial charge in [0.15, 0.2) is 34.7 Å². The Bertz CT molecular complexity index is 893. The zero-order valence-electron chi connectivity index (χ0n) is 12.4. The third-order valence-corrected chi connectivity index (χ3v) is 4.86. The summed E-state index contributed by atoms with van der Waals surface area (Å²) in [6.45, 7) is 0.382. The van der Waals surface area contributed by atoms with Crippen molar-refractivity contribution in [2.75, 3.05) is 20.2 Å². The van der Waals surface area contributed by atoms with E-state index in [4.69, 9.17) is 28.4 Å². The minimum absolute atomic E-state index is 0.0527. The molecule has 0 saturated carbocycles. The Morgan fingerprint density at radius 2 is 1.62 bits per heavy atom. The van der Waals surface area contributed by atoms with Crippen molar-refractivity contribution in [3.05, 3.63) is 35.4 Å². The fourth-order valence-corrected chi connectivity index (χ4v) is 3.70. The highest BCUT2D eigenvalue weighted by Crippen LogP contribution is 2.59. The van der Waals surface area contributed by atoms with Crippen LogP contribution in [0.4, 0.5) is 0 Å². The highest BCUT2D eigenvalue weighted by Gasteiger charge is 2.54. The van der Waals surface area contributed by atoms with Gasteiger partial charge >= 0.3 is 0 Å². The SMILES string of the molecule is O[C@]12COc3c(ccc4c3OCO4)[C@H]1Oc1cc3c(cc12)OCO3. The predicted octanol–water partition coefficient (Wildman–Crippen LogP) is 1.86. The molecule has 0 amide bonds. The molecule has 7 nitrogen and oxygen atoms in total. The molecule has 4 aliphatic rings. The van der Waals surface area contributed by atoms with Gasteiger partial charge in [-0.15, -0.1) is 0 Å². The molecule has 24 heavy (non-hydrogen) atoms. The van der Waals surface area contributed by atoms with Crippen LogP contribution in [0.25, 0.3) is 0 Å². The lowest BCUT2D eigenvalue weighted by atomic mass is 9.84. The Morgan fingerprint density at radius 1 is 0.833 bits per heavy atom. The van der Waals surface area contributed by atoms with Crippen LogP contribution in [0.5, 0.6) is 34.5 Å². The van der Waals surface area contributed by atoms with E-state index < -0.39 is 11.7 Å². The molecule has 2 atom stereocenters. The fourth-order valence-electron chi connectivity index (χ4n) is 3.70. The quantitative estimate of drug-likeness (QED) is 0.791. The minimum atomic E-state index is -1.29. The zero-order chi connectivity index (χ0) is 15.9. The lowest BCUT2D eigenvalue weighted by Gasteiger charge is -2.35. The van der Waals surface area contributed by atoms with E-state index in [1.54, 1.807) is 18.2 Å². The van der Waals surface area contributed by atoms with Crippen molar-refractivity contribution >= 4 is 0 Å². The van der Waals surface area contributed by atoms with Crippen molar-refractivity contribution in [1.82, 2.24) is 0 Å². The topological polar surface area (TPSA) is 75.6 Å². The van der Waals surface area contributed by atoms with Crippen LogP contribution in [-0.4, -0.2) is 25.3 Å². The van der Waals surface area contributed by atoms with Crippen LogP contribution in [0.2, 0.25) is 0 Å². The van der Waals surface area contributed by atoms with Gasteiger partial charge in [0.05, 0.1) is 0 Å². The summed E-state index contributed by atoms with van der Waals surface area (Å²) in [5, 5.41) is 11.3. The molecule has 0 aliphatic carbocycles. The van der Waals surface area contributed by atoms with Crippen molar-refractivity contribution in [1.29, 1.82) is 0 Å². The molecule has 122 valence electrons. The van der Waals surface area contributed by atoms with Crippen LogP contribution in [0.15, 0.2) is 24.3 Å². The lowest BCUT2D eigenvalue weighted by molar-refractivity contribution is -0.0870. The first-order valence-electron chi connectivity index (χ1n) is 7.62. The van der Waals surface area contributed by atoms with Crippen LogP contribution in [0, 0.1) is 0 Å². The van der Waals surface area contributed by atoms with Crippen molar-refractivity contribution in [3.63, 3.8) is 0 Å². The molecule has 4 aliphatic heterocycles. The summed E-state index contributed by atoms with van der Waals surface area (Å²) in [5.41, 5.74) is 0.0723. The van der Waals surface area contributed by atoms with E-state index in [2.05, 4.69) is 0 Å². The van der Waals surface area contributed by atoms with E-state index in [1.807, 2.05) is 6.07 Å². The molecule has 7 heteroatoms. The van der Waals surface area contributed by atoms with E-state index in [0.717, 1.165) is 5.56 Å². The Balaban J connectivity index is 1.52. The molecule has 0 fully saturated rings. The molecule has 0 saturated heterocycles. The van der Waals surface area contributed by atoms with Crippen molar-refractivity contribution < 1.29 is 33.5 Å². The maximum absolute atomic E-state index is 11.3. The fraction of sp³-hybridized carbons (Fsp3) is 0.294. The van der Waals surface area contributed by atoms with Crippen LogP contribution < -0.4 is 28.4 Å². The molecule has 0 bridgehead atoms. The van der Waals surface area contributed by atoms with Crippen molar-refractivity contribution in [2.45, 2.75) is 11.7 Å². The molecule has 0 spiro atoms. The van der Waals surface area contributed by atoms with Gasteiger partial charge in [-0.25, -0.2) is 0 Å². The van der Waals surface area contributed by atoms with Crippen LogP contribution in [0.3, 0.4) is 0 Å². The molecule has 1 N–H and O–H groups in total. The largest absolute Gasteiger partial charge is 0.486 e. The summed E-state index contributed by atoms with van der Waals surface area (Å²) >= 11 is 0. The molecular weight excluding hydrogens is 316 g/mol. The van der Waals surface area contributed by atoms with Crippen molar-refractivity contribution in [2.24, 2.45) is 0 Å². The molecule has 4 heterocycles. The van der Waals surface area contributed by atoms with Gasteiger partial charge < -0.3 is 33.5 Å². The van der Waals surface area contributed by atoms with E-state index >= 15 is 0 Å². The van der Waals surface area contributed by atoms with Gasteiger partial charge in [-0.05, 0) is 18.2 Å². The van der Waals surface area contributed by atoms with E-state index in [0.29, 0.717) is 40.1 Å². The van der Waals surface area contributed by atoms with Gasteiger partial charge in [-0.2, -0.15) is 0 Å². The average Bonchev–Trinajstić information content (AvgIpc) is 3.29. The second-order valence-electron chi connectivity index (χ2n) is 6.13. The number of aliphatic hydroxyl groups is 1. The number of ether oxygens (including phenoxy) is 6. The second kappa shape index (κ2) is 3.99. The van der Waals surface area contributed by atoms with Crippen LogP contribution in [-0.2, 0) is 5.60 Å². The summed E-state index contributed by atoms with van der Waals surface area (Å²) in [7, 11) is 0. The van der Waals surface area contributed by atoms with Crippen LogP contribution >= 0.6 is 0 Å². The monoisotopic (exact) mass is 328 g/mol. The van der Waals surface area contributed by atoms with Gasteiger partial charge in [0.25, 0.3) is 0 Å². The Hall–Kier alpha value is -2.80. The molecule has 6 rings (SSSR count). The highest BCUT2D eigenvalue weighted by molar-refractivity contribution is 5.63. The number of benzene rings is 2. The summed E-state index contributed by atoms with van der Waals surface area (Å²) in [4.78, 5) is 0. The van der Waals surface area contributed by atoms with E-state index in [9.17, 15) is 5.11 Å². The third-order valence-electron chi connectivity index (χ3n) is 4.86. The summed E-state index contributed by atoms with van der Waals surface area (Å²) < 4.78 is 33.6. The number of rotatable bonds is 0. The average molecular weight is 328 g/mol. The normalized spacial score (nSPS) is 27.0. The second-order valence-corrected chi connectivity index (χ2v) is 6.13. The predicted molar refractivity (Wildman–Crippen MR) is 77.9 cm³/mol. The maximum Gasteiger partial charge on any atom is 0.231 e. The molecular formula is C17H12O7. The lowest BCUT2D eigenvalue weighted by Crippen LogP contribution is -2.41. The molecule has 0 unspecified atom stereocenters. The summed E-state index contributed by atoms with van der Waals surface area (Å²) in [5.74, 6) is 3.54. The first-order valence-corrected chi connectivity index (χ1v) is 7.62. The standard InChI is InChI=1S/C17H12O7/c18-17-5-19-14-8(1-2-10-15(14)23-7-20-10)16(17)24-11-4-13-12(3-9(11)17)21-6-22-13/h1-4,16,18H,5-7H2/t16-,17+/m1/s1. The Kier molecular flexibility index (Phi) is 2.10. The number of hydrogen-bond donors (Lipinski definition) is 1. The van der Waals surface area contributed by atoms with E-state index in [1.165, 1.54) is 0 Å². The van der Waals surface area contributed by atoms with Gasteiger partial charge in [-0.1, -0.05) is 0 Å². The zero-order valence-corrected chi connectivity index (χ0v) is 12.4. The number of fused-ring (bicyclic) bond motifs is 8. The van der Waals surface area contributed by atoms with Gasteiger partial charge in [0.2, 0.25) is 19.3 Å². The number of hydrogen-bond acceptors (Lipinski definition) is 7. The third kappa shape index (κ3) is 1.37.